The zero-order valence-electron chi connectivity index (χ0n) is 16.7. The minimum absolute atomic E-state index is 0.109. The van der Waals surface area contributed by atoms with Gasteiger partial charge in [0.05, 0.1) is 12.8 Å². The molecule has 1 aliphatic heterocycles. The number of benzene rings is 2. The van der Waals surface area contributed by atoms with Gasteiger partial charge in [0.1, 0.15) is 6.54 Å². The molecule has 8 heteroatoms. The number of rotatable bonds is 6. The Labute approximate surface area is 173 Å². The molecule has 1 aliphatic rings. The molecule has 0 aliphatic carbocycles. The van der Waals surface area contributed by atoms with Gasteiger partial charge in [-0.1, -0.05) is 18.2 Å². The summed E-state index contributed by atoms with van der Waals surface area (Å²) in [6, 6.07) is 12.7. The fraction of sp³-hybridized carbons (Fsp3) is 0.227. The molecule has 2 aromatic carbocycles. The summed E-state index contributed by atoms with van der Waals surface area (Å²) in [4.78, 5) is 24.4. The van der Waals surface area contributed by atoms with E-state index >= 15 is 0 Å². The van der Waals surface area contributed by atoms with Crippen molar-refractivity contribution in [1.82, 2.24) is 9.99 Å². The van der Waals surface area contributed by atoms with Gasteiger partial charge in [0.15, 0.2) is 11.5 Å². The molecule has 154 valence electrons. The zero-order chi connectivity index (χ0) is 21.1. The van der Waals surface area contributed by atoms with E-state index in [1.54, 1.807) is 31.3 Å². The van der Waals surface area contributed by atoms with Crippen molar-refractivity contribution in [2.45, 2.75) is 20.4 Å². The van der Waals surface area contributed by atoms with E-state index in [1.165, 1.54) is 0 Å². The number of aromatic nitrogens is 1. The molecular formula is C22H21N3O5. The fourth-order valence-corrected chi connectivity index (χ4v) is 3.42. The van der Waals surface area contributed by atoms with Crippen LogP contribution in [0.5, 0.6) is 11.5 Å². The summed E-state index contributed by atoms with van der Waals surface area (Å²) in [7, 11) is 0. The minimum atomic E-state index is -0.363. The number of para-hydroxylation sites is 1. The van der Waals surface area contributed by atoms with E-state index in [1.807, 2.05) is 35.8 Å². The SMILES string of the molecule is CCOC(=O)Cn1c(C)c(/C=N\NC(=O)c2ccc3c(c2)OCO3)c2ccccc21. The Morgan fingerprint density at radius 3 is 2.83 bits per heavy atom. The van der Waals surface area contributed by atoms with Crippen LogP contribution in [0.1, 0.15) is 28.5 Å². The second-order valence-corrected chi connectivity index (χ2v) is 6.67. The van der Waals surface area contributed by atoms with Crippen molar-refractivity contribution in [2.24, 2.45) is 5.10 Å². The smallest absolute Gasteiger partial charge is 0.325 e. The van der Waals surface area contributed by atoms with Gasteiger partial charge in [0.2, 0.25) is 6.79 Å². The van der Waals surface area contributed by atoms with Gasteiger partial charge in [-0.15, -0.1) is 0 Å². The van der Waals surface area contributed by atoms with Gasteiger partial charge in [0.25, 0.3) is 5.91 Å². The number of esters is 1. The van der Waals surface area contributed by atoms with Crippen LogP contribution in [0.25, 0.3) is 10.9 Å². The quantitative estimate of drug-likeness (QED) is 0.385. The normalized spacial score (nSPS) is 12.5. The maximum Gasteiger partial charge on any atom is 0.325 e. The van der Waals surface area contributed by atoms with Gasteiger partial charge in [-0.05, 0) is 38.1 Å². The van der Waals surface area contributed by atoms with Gasteiger partial charge >= 0.3 is 5.97 Å². The number of ether oxygens (including phenoxy) is 3. The summed E-state index contributed by atoms with van der Waals surface area (Å²) >= 11 is 0. The Hall–Kier alpha value is -3.81. The van der Waals surface area contributed by atoms with Crippen LogP contribution in [0.2, 0.25) is 0 Å². The molecule has 0 atom stereocenters. The van der Waals surface area contributed by atoms with Crippen LogP contribution in [-0.4, -0.2) is 36.1 Å². The standard InChI is InChI=1S/C22H21N3O5/c1-3-28-21(26)12-25-14(2)17(16-6-4-5-7-18(16)25)11-23-24-22(27)15-8-9-19-20(10-15)30-13-29-19/h4-11H,3,12-13H2,1-2H3,(H,24,27)/b23-11-. The third kappa shape index (κ3) is 3.71. The molecule has 1 N–H and O–H groups in total. The van der Waals surface area contributed by atoms with Crippen molar-refractivity contribution in [2.75, 3.05) is 13.4 Å². The molecule has 0 unspecified atom stereocenters. The van der Waals surface area contributed by atoms with E-state index < -0.39 is 0 Å². The lowest BCUT2D eigenvalue weighted by atomic mass is 10.1. The number of carbonyl (C=O) groups excluding carboxylic acids is 2. The molecule has 0 saturated carbocycles. The second-order valence-electron chi connectivity index (χ2n) is 6.67. The highest BCUT2D eigenvalue weighted by molar-refractivity contribution is 6.02. The molecule has 30 heavy (non-hydrogen) atoms. The summed E-state index contributed by atoms with van der Waals surface area (Å²) < 4.78 is 17.5. The van der Waals surface area contributed by atoms with Crippen LogP contribution in [0.4, 0.5) is 0 Å². The molecule has 0 radical (unpaired) electrons. The average molecular weight is 407 g/mol. The van der Waals surface area contributed by atoms with E-state index in [2.05, 4.69) is 10.5 Å². The predicted molar refractivity (Wildman–Crippen MR) is 111 cm³/mol. The molecule has 1 aromatic heterocycles. The second kappa shape index (κ2) is 8.28. The molecule has 3 aromatic rings. The summed E-state index contributed by atoms with van der Waals surface area (Å²) in [5.74, 6) is 0.475. The Morgan fingerprint density at radius 2 is 2.00 bits per heavy atom. The van der Waals surface area contributed by atoms with Crippen molar-refractivity contribution < 1.29 is 23.8 Å². The molecule has 0 fully saturated rings. The first-order valence-corrected chi connectivity index (χ1v) is 9.55. The first-order valence-electron chi connectivity index (χ1n) is 9.55. The van der Waals surface area contributed by atoms with Gasteiger partial charge in [0, 0.05) is 27.7 Å². The average Bonchev–Trinajstić information content (AvgIpc) is 3.32. The number of hydrogen-bond donors (Lipinski definition) is 1. The van der Waals surface area contributed by atoms with Crippen molar-refractivity contribution >= 4 is 29.0 Å². The summed E-state index contributed by atoms with van der Waals surface area (Å²) in [5, 5.41) is 5.06. The third-order valence-electron chi connectivity index (χ3n) is 4.87. The number of carbonyl (C=O) groups is 2. The topological polar surface area (TPSA) is 91.2 Å². The van der Waals surface area contributed by atoms with Crippen molar-refractivity contribution in [1.29, 1.82) is 0 Å². The number of fused-ring (bicyclic) bond motifs is 2. The number of hydrogen-bond acceptors (Lipinski definition) is 6. The zero-order valence-corrected chi connectivity index (χ0v) is 16.7. The number of nitrogens with zero attached hydrogens (tertiary/aromatic N) is 2. The molecule has 0 saturated heterocycles. The largest absolute Gasteiger partial charge is 0.465 e. The van der Waals surface area contributed by atoms with Crippen LogP contribution in [0.15, 0.2) is 47.6 Å². The van der Waals surface area contributed by atoms with E-state index in [0.29, 0.717) is 23.7 Å². The van der Waals surface area contributed by atoms with E-state index in [4.69, 9.17) is 14.2 Å². The summed E-state index contributed by atoms with van der Waals surface area (Å²) in [6.07, 6.45) is 1.59. The lowest BCUT2D eigenvalue weighted by molar-refractivity contribution is -0.143. The number of amides is 1. The highest BCUT2D eigenvalue weighted by Gasteiger charge is 2.17. The van der Waals surface area contributed by atoms with Crippen molar-refractivity contribution in [3.8, 4) is 11.5 Å². The number of nitrogens with one attached hydrogen (secondary N) is 1. The van der Waals surface area contributed by atoms with Crippen LogP contribution in [0, 0.1) is 6.92 Å². The molecule has 0 spiro atoms. The summed E-state index contributed by atoms with van der Waals surface area (Å²) in [5.41, 5.74) is 5.52. The Bertz CT molecular complexity index is 1150. The third-order valence-corrected chi connectivity index (χ3v) is 4.87. The molecule has 8 nitrogen and oxygen atoms in total. The maximum atomic E-state index is 12.4. The molecule has 1 amide bonds. The van der Waals surface area contributed by atoms with Gasteiger partial charge in [-0.3, -0.25) is 9.59 Å². The van der Waals surface area contributed by atoms with Crippen LogP contribution >= 0.6 is 0 Å². The molecule has 2 heterocycles. The Morgan fingerprint density at radius 1 is 1.20 bits per heavy atom. The Balaban J connectivity index is 1.56. The summed E-state index contributed by atoms with van der Waals surface area (Å²) in [6.45, 7) is 4.27. The van der Waals surface area contributed by atoms with Crippen LogP contribution in [0.3, 0.4) is 0 Å². The van der Waals surface area contributed by atoms with Gasteiger partial charge in [-0.2, -0.15) is 5.10 Å². The van der Waals surface area contributed by atoms with Crippen LogP contribution < -0.4 is 14.9 Å². The first-order chi connectivity index (χ1) is 14.6. The monoisotopic (exact) mass is 407 g/mol. The minimum Gasteiger partial charge on any atom is -0.465 e. The lowest BCUT2D eigenvalue weighted by Gasteiger charge is -2.07. The van der Waals surface area contributed by atoms with Gasteiger partial charge in [-0.25, -0.2) is 5.43 Å². The van der Waals surface area contributed by atoms with E-state index in [-0.39, 0.29) is 25.2 Å². The van der Waals surface area contributed by atoms with Gasteiger partial charge < -0.3 is 18.8 Å². The highest BCUT2D eigenvalue weighted by Crippen LogP contribution is 2.32. The Kier molecular flexibility index (Phi) is 5.38. The number of hydrazone groups is 1. The van der Waals surface area contributed by atoms with E-state index in [0.717, 1.165) is 22.2 Å². The molecule has 4 rings (SSSR count). The fourth-order valence-electron chi connectivity index (χ4n) is 3.42. The molecule has 0 bridgehead atoms. The van der Waals surface area contributed by atoms with E-state index in [9.17, 15) is 9.59 Å². The van der Waals surface area contributed by atoms with Crippen molar-refractivity contribution in [3.05, 3.63) is 59.3 Å². The van der Waals surface area contributed by atoms with Crippen molar-refractivity contribution in [3.63, 3.8) is 0 Å². The highest BCUT2D eigenvalue weighted by atomic mass is 16.7. The molecular weight excluding hydrogens is 386 g/mol. The lowest BCUT2D eigenvalue weighted by Crippen LogP contribution is -2.17. The van der Waals surface area contributed by atoms with Crippen LogP contribution in [-0.2, 0) is 16.1 Å². The first kappa shape index (κ1) is 19.5. The predicted octanol–water partition coefficient (Wildman–Crippen LogP) is 3.01. The maximum absolute atomic E-state index is 12.4.